The zero-order chi connectivity index (χ0) is 16.2. The van der Waals surface area contributed by atoms with E-state index in [4.69, 9.17) is 4.74 Å². The summed E-state index contributed by atoms with van der Waals surface area (Å²) in [7, 11) is 0. The number of nitrogens with one attached hydrogen (secondary N) is 1. The number of anilines is 1. The fourth-order valence-electron chi connectivity index (χ4n) is 2.49. The predicted molar refractivity (Wildman–Crippen MR) is 90.7 cm³/mol. The summed E-state index contributed by atoms with van der Waals surface area (Å²) in [5, 5.41) is 2.93. The highest BCUT2D eigenvalue weighted by Crippen LogP contribution is 2.21. The molecule has 23 heavy (non-hydrogen) atoms. The van der Waals surface area contributed by atoms with E-state index < -0.39 is 0 Å². The highest BCUT2D eigenvalue weighted by molar-refractivity contribution is 5.94. The normalized spacial score (nSPS) is 12.1. The molecule has 0 saturated carbocycles. The summed E-state index contributed by atoms with van der Waals surface area (Å²) in [5.41, 5.74) is 2.54. The van der Waals surface area contributed by atoms with Gasteiger partial charge < -0.3 is 14.6 Å². The van der Waals surface area contributed by atoms with Gasteiger partial charge in [0.1, 0.15) is 11.8 Å². The number of rotatable bonds is 5. The number of carbonyl (C=O) groups excluding carboxylic acids is 1. The average molecular weight is 309 g/mol. The van der Waals surface area contributed by atoms with Gasteiger partial charge in [-0.1, -0.05) is 18.2 Å². The SMILES string of the molecule is CCOc1cccc(NC(=O)[C@@H](C)n2cnc3ccccc32)c1. The van der Waals surface area contributed by atoms with Crippen LogP contribution in [0.3, 0.4) is 0 Å². The molecule has 1 atom stereocenters. The van der Waals surface area contributed by atoms with Crippen LogP contribution in [0, 0.1) is 0 Å². The maximum Gasteiger partial charge on any atom is 0.247 e. The third-order valence-corrected chi connectivity index (χ3v) is 3.69. The van der Waals surface area contributed by atoms with Crippen LogP contribution in [0.1, 0.15) is 19.9 Å². The molecule has 5 nitrogen and oxygen atoms in total. The first-order valence-electron chi connectivity index (χ1n) is 7.64. The monoisotopic (exact) mass is 309 g/mol. The van der Waals surface area contributed by atoms with Crippen LogP contribution >= 0.6 is 0 Å². The van der Waals surface area contributed by atoms with Crippen molar-refractivity contribution in [2.75, 3.05) is 11.9 Å². The van der Waals surface area contributed by atoms with E-state index in [1.54, 1.807) is 6.33 Å². The van der Waals surface area contributed by atoms with Gasteiger partial charge in [-0.3, -0.25) is 4.79 Å². The Bertz CT molecular complexity index is 826. The van der Waals surface area contributed by atoms with Crippen molar-refractivity contribution in [2.45, 2.75) is 19.9 Å². The van der Waals surface area contributed by atoms with E-state index in [1.807, 2.05) is 66.9 Å². The summed E-state index contributed by atoms with van der Waals surface area (Å²) >= 11 is 0. The molecule has 5 heteroatoms. The fourth-order valence-corrected chi connectivity index (χ4v) is 2.49. The minimum absolute atomic E-state index is 0.0956. The predicted octanol–water partition coefficient (Wildman–Crippen LogP) is 3.63. The first-order chi connectivity index (χ1) is 11.2. The molecule has 0 aliphatic heterocycles. The van der Waals surface area contributed by atoms with E-state index in [9.17, 15) is 4.79 Å². The third kappa shape index (κ3) is 3.18. The van der Waals surface area contributed by atoms with Gasteiger partial charge in [-0.2, -0.15) is 0 Å². The van der Waals surface area contributed by atoms with Crippen molar-refractivity contribution in [1.82, 2.24) is 9.55 Å². The number of para-hydroxylation sites is 2. The Labute approximate surface area is 134 Å². The maximum atomic E-state index is 12.5. The Morgan fingerprint density at radius 2 is 2.09 bits per heavy atom. The third-order valence-electron chi connectivity index (χ3n) is 3.69. The van der Waals surface area contributed by atoms with Gasteiger partial charge in [0.2, 0.25) is 5.91 Å². The summed E-state index contributed by atoms with van der Waals surface area (Å²) in [5.74, 6) is 0.646. The molecule has 0 spiro atoms. The Morgan fingerprint density at radius 1 is 1.26 bits per heavy atom. The first kappa shape index (κ1) is 15.1. The number of ether oxygens (including phenoxy) is 1. The van der Waals surface area contributed by atoms with E-state index >= 15 is 0 Å². The van der Waals surface area contributed by atoms with Crippen LogP contribution in [0.25, 0.3) is 11.0 Å². The second kappa shape index (κ2) is 6.52. The lowest BCUT2D eigenvalue weighted by Gasteiger charge is -2.15. The number of hydrogen-bond acceptors (Lipinski definition) is 3. The van der Waals surface area contributed by atoms with Crippen LogP contribution in [-0.4, -0.2) is 22.1 Å². The van der Waals surface area contributed by atoms with E-state index in [0.717, 1.165) is 22.5 Å². The average Bonchev–Trinajstić information content (AvgIpc) is 2.99. The molecular weight excluding hydrogens is 290 g/mol. The van der Waals surface area contributed by atoms with Crippen molar-refractivity contribution in [3.8, 4) is 5.75 Å². The molecule has 1 N–H and O–H groups in total. The molecule has 0 aliphatic carbocycles. The van der Waals surface area contributed by atoms with Crippen molar-refractivity contribution in [2.24, 2.45) is 0 Å². The van der Waals surface area contributed by atoms with Crippen molar-refractivity contribution in [3.63, 3.8) is 0 Å². The molecule has 0 unspecified atom stereocenters. The zero-order valence-electron chi connectivity index (χ0n) is 13.2. The lowest BCUT2D eigenvalue weighted by atomic mass is 10.2. The molecule has 3 rings (SSSR count). The number of benzene rings is 2. The molecule has 0 bridgehead atoms. The van der Waals surface area contributed by atoms with Gasteiger partial charge in [0, 0.05) is 11.8 Å². The standard InChI is InChI=1S/C18H19N3O2/c1-3-23-15-8-6-7-14(11-15)20-18(22)13(2)21-12-19-16-9-4-5-10-17(16)21/h4-13H,3H2,1-2H3,(H,20,22)/t13-/m1/s1. The topological polar surface area (TPSA) is 56.1 Å². The number of aromatic nitrogens is 2. The van der Waals surface area contributed by atoms with E-state index in [2.05, 4.69) is 10.3 Å². The van der Waals surface area contributed by atoms with Crippen molar-refractivity contribution in [3.05, 3.63) is 54.9 Å². The Morgan fingerprint density at radius 3 is 2.91 bits per heavy atom. The molecule has 3 aromatic rings. The smallest absolute Gasteiger partial charge is 0.247 e. The number of hydrogen-bond donors (Lipinski definition) is 1. The molecule has 2 aromatic carbocycles. The second-order valence-electron chi connectivity index (χ2n) is 5.27. The Kier molecular flexibility index (Phi) is 4.28. The van der Waals surface area contributed by atoms with Crippen molar-refractivity contribution in [1.29, 1.82) is 0 Å². The van der Waals surface area contributed by atoms with Crippen LogP contribution in [0.2, 0.25) is 0 Å². The Hall–Kier alpha value is -2.82. The number of amides is 1. The zero-order valence-corrected chi connectivity index (χ0v) is 13.2. The van der Waals surface area contributed by atoms with Crippen molar-refractivity contribution >= 4 is 22.6 Å². The molecular formula is C18H19N3O2. The van der Waals surface area contributed by atoms with Crippen LogP contribution in [-0.2, 0) is 4.79 Å². The molecule has 0 aliphatic rings. The summed E-state index contributed by atoms with van der Waals surface area (Å²) in [6.07, 6.45) is 1.70. The lowest BCUT2D eigenvalue weighted by molar-refractivity contribution is -0.118. The van der Waals surface area contributed by atoms with Gasteiger partial charge in [0.25, 0.3) is 0 Å². The van der Waals surface area contributed by atoms with Gasteiger partial charge in [-0.15, -0.1) is 0 Å². The largest absolute Gasteiger partial charge is 0.494 e. The number of fused-ring (bicyclic) bond motifs is 1. The first-order valence-corrected chi connectivity index (χ1v) is 7.64. The van der Waals surface area contributed by atoms with Crippen LogP contribution in [0.15, 0.2) is 54.9 Å². The van der Waals surface area contributed by atoms with Gasteiger partial charge >= 0.3 is 0 Å². The molecule has 1 amide bonds. The minimum Gasteiger partial charge on any atom is -0.494 e. The maximum absolute atomic E-state index is 12.5. The fraction of sp³-hybridized carbons (Fsp3) is 0.222. The molecule has 0 saturated heterocycles. The summed E-state index contributed by atoms with van der Waals surface area (Å²) in [6, 6.07) is 14.8. The van der Waals surface area contributed by atoms with Gasteiger partial charge in [0.15, 0.2) is 0 Å². The number of carbonyl (C=O) groups is 1. The number of nitrogens with zero attached hydrogens (tertiary/aromatic N) is 2. The molecule has 1 aromatic heterocycles. The van der Waals surface area contributed by atoms with Gasteiger partial charge in [-0.05, 0) is 38.1 Å². The lowest BCUT2D eigenvalue weighted by Crippen LogP contribution is -2.23. The van der Waals surface area contributed by atoms with E-state index in [0.29, 0.717) is 6.61 Å². The quantitative estimate of drug-likeness (QED) is 0.783. The molecule has 118 valence electrons. The van der Waals surface area contributed by atoms with Crippen LogP contribution in [0.4, 0.5) is 5.69 Å². The van der Waals surface area contributed by atoms with Crippen LogP contribution < -0.4 is 10.1 Å². The van der Waals surface area contributed by atoms with Gasteiger partial charge in [-0.25, -0.2) is 4.98 Å². The summed E-state index contributed by atoms with van der Waals surface area (Å²) in [6.45, 7) is 4.38. The van der Waals surface area contributed by atoms with Crippen molar-refractivity contribution < 1.29 is 9.53 Å². The highest BCUT2D eigenvalue weighted by Gasteiger charge is 2.17. The summed E-state index contributed by atoms with van der Waals surface area (Å²) < 4.78 is 7.32. The van der Waals surface area contributed by atoms with Gasteiger partial charge in [0.05, 0.1) is 24.0 Å². The van der Waals surface area contributed by atoms with E-state index in [-0.39, 0.29) is 11.9 Å². The Balaban J connectivity index is 1.79. The second-order valence-corrected chi connectivity index (χ2v) is 5.27. The minimum atomic E-state index is -0.363. The van der Waals surface area contributed by atoms with Crippen LogP contribution in [0.5, 0.6) is 5.75 Å². The molecule has 0 radical (unpaired) electrons. The highest BCUT2D eigenvalue weighted by atomic mass is 16.5. The molecule has 0 fully saturated rings. The summed E-state index contributed by atoms with van der Waals surface area (Å²) in [4.78, 5) is 16.9. The van der Waals surface area contributed by atoms with E-state index in [1.165, 1.54) is 0 Å². The number of imidazole rings is 1. The molecule has 1 heterocycles.